The van der Waals surface area contributed by atoms with Gasteiger partial charge in [-0.1, -0.05) is 6.92 Å². The number of rotatable bonds is 6. The molecule has 0 spiro atoms. The van der Waals surface area contributed by atoms with Crippen LogP contribution in [-0.4, -0.2) is 16.3 Å². The third-order valence-corrected chi connectivity index (χ3v) is 2.72. The molecule has 0 fully saturated rings. The largest absolute Gasteiger partial charge is 0.463 e. The standard InChI is InChI=1S/C13H16F3N3O/c1-2-5-17-7-11-3-4-12(20-11)9-19-8-10(6-18-19)13(14,15)16/h3-4,6,8,17H,2,5,7,9H2,1H3. The molecule has 2 heterocycles. The minimum absolute atomic E-state index is 0.184. The number of nitrogens with one attached hydrogen (secondary N) is 1. The van der Waals surface area contributed by atoms with Crippen molar-refractivity contribution >= 4 is 0 Å². The highest BCUT2D eigenvalue weighted by atomic mass is 19.4. The van der Waals surface area contributed by atoms with E-state index in [1.807, 2.05) is 6.07 Å². The number of aromatic nitrogens is 2. The number of hydrogen-bond donors (Lipinski definition) is 1. The van der Waals surface area contributed by atoms with Crippen molar-refractivity contribution in [2.24, 2.45) is 0 Å². The van der Waals surface area contributed by atoms with E-state index in [9.17, 15) is 13.2 Å². The van der Waals surface area contributed by atoms with E-state index in [0.717, 1.165) is 31.1 Å². The molecule has 2 aromatic heterocycles. The Labute approximate surface area is 114 Å². The zero-order chi connectivity index (χ0) is 14.6. The molecule has 0 aliphatic rings. The highest BCUT2D eigenvalue weighted by molar-refractivity contribution is 5.11. The molecule has 2 rings (SSSR count). The third kappa shape index (κ3) is 3.86. The van der Waals surface area contributed by atoms with Crippen molar-refractivity contribution in [1.29, 1.82) is 0 Å². The van der Waals surface area contributed by atoms with Crippen LogP contribution >= 0.6 is 0 Å². The lowest BCUT2D eigenvalue weighted by Gasteiger charge is -2.01. The molecule has 0 saturated heterocycles. The van der Waals surface area contributed by atoms with E-state index < -0.39 is 11.7 Å². The maximum Gasteiger partial charge on any atom is 0.419 e. The first-order chi connectivity index (χ1) is 9.49. The third-order valence-electron chi connectivity index (χ3n) is 2.72. The topological polar surface area (TPSA) is 43.0 Å². The average Bonchev–Trinajstić information content (AvgIpc) is 2.99. The van der Waals surface area contributed by atoms with Gasteiger partial charge in [-0.3, -0.25) is 4.68 Å². The SMILES string of the molecule is CCCNCc1ccc(Cn2cc(C(F)(F)F)cn2)o1. The molecule has 0 atom stereocenters. The van der Waals surface area contributed by atoms with E-state index in [1.54, 1.807) is 6.07 Å². The van der Waals surface area contributed by atoms with E-state index in [1.165, 1.54) is 4.68 Å². The van der Waals surface area contributed by atoms with Crippen molar-refractivity contribution in [1.82, 2.24) is 15.1 Å². The van der Waals surface area contributed by atoms with Crippen molar-refractivity contribution in [3.8, 4) is 0 Å². The summed E-state index contributed by atoms with van der Waals surface area (Å²) in [5.74, 6) is 1.34. The second-order valence-corrected chi connectivity index (χ2v) is 4.47. The summed E-state index contributed by atoms with van der Waals surface area (Å²) in [6.07, 6.45) is -1.55. The van der Waals surface area contributed by atoms with Crippen LogP contribution in [0.25, 0.3) is 0 Å². The fourth-order valence-electron chi connectivity index (χ4n) is 1.75. The van der Waals surface area contributed by atoms with Crippen molar-refractivity contribution in [2.45, 2.75) is 32.6 Å². The molecule has 20 heavy (non-hydrogen) atoms. The highest BCUT2D eigenvalue weighted by Crippen LogP contribution is 2.28. The molecule has 2 aromatic rings. The van der Waals surface area contributed by atoms with Crippen molar-refractivity contribution in [2.75, 3.05) is 6.54 Å². The van der Waals surface area contributed by atoms with E-state index in [4.69, 9.17) is 4.42 Å². The summed E-state index contributed by atoms with van der Waals surface area (Å²) < 4.78 is 44.0. The van der Waals surface area contributed by atoms with E-state index in [2.05, 4.69) is 17.3 Å². The Kier molecular flexibility index (Phi) is 4.49. The number of furan rings is 1. The monoisotopic (exact) mass is 287 g/mol. The number of nitrogens with zero attached hydrogens (tertiary/aromatic N) is 2. The van der Waals surface area contributed by atoms with Crippen LogP contribution in [0.2, 0.25) is 0 Å². The van der Waals surface area contributed by atoms with Gasteiger partial charge in [-0.15, -0.1) is 0 Å². The Bertz CT molecular complexity index is 545. The predicted octanol–water partition coefficient (Wildman–Crippen LogP) is 3.04. The van der Waals surface area contributed by atoms with Gasteiger partial charge in [-0.25, -0.2) is 0 Å². The molecule has 0 aliphatic carbocycles. The van der Waals surface area contributed by atoms with Gasteiger partial charge in [0, 0.05) is 6.20 Å². The fourth-order valence-corrected chi connectivity index (χ4v) is 1.75. The molecule has 0 radical (unpaired) electrons. The van der Waals surface area contributed by atoms with Gasteiger partial charge in [0.15, 0.2) is 0 Å². The Morgan fingerprint density at radius 1 is 1.30 bits per heavy atom. The molecule has 0 amide bonds. The van der Waals surface area contributed by atoms with Crippen molar-refractivity contribution < 1.29 is 17.6 Å². The molecule has 0 saturated carbocycles. The minimum Gasteiger partial charge on any atom is -0.463 e. The zero-order valence-corrected chi connectivity index (χ0v) is 11.1. The molecule has 1 N–H and O–H groups in total. The van der Waals surface area contributed by atoms with Gasteiger partial charge in [0.05, 0.1) is 24.8 Å². The summed E-state index contributed by atoms with van der Waals surface area (Å²) in [7, 11) is 0. The predicted molar refractivity (Wildman–Crippen MR) is 67.0 cm³/mol. The molecular weight excluding hydrogens is 271 g/mol. The van der Waals surface area contributed by atoms with Crippen LogP contribution in [0.1, 0.15) is 30.4 Å². The molecule has 0 bridgehead atoms. The van der Waals surface area contributed by atoms with E-state index in [-0.39, 0.29) is 6.54 Å². The average molecular weight is 287 g/mol. The van der Waals surface area contributed by atoms with Gasteiger partial charge in [0.25, 0.3) is 0 Å². The summed E-state index contributed by atoms with van der Waals surface area (Å²) in [5, 5.41) is 6.87. The van der Waals surface area contributed by atoms with E-state index >= 15 is 0 Å². The van der Waals surface area contributed by atoms with Crippen LogP contribution in [-0.2, 0) is 19.3 Å². The van der Waals surface area contributed by atoms with Gasteiger partial charge >= 0.3 is 6.18 Å². The van der Waals surface area contributed by atoms with Gasteiger partial charge < -0.3 is 9.73 Å². The number of alkyl halides is 3. The first-order valence-electron chi connectivity index (χ1n) is 6.37. The van der Waals surface area contributed by atoms with Crippen molar-refractivity contribution in [3.05, 3.63) is 41.6 Å². The van der Waals surface area contributed by atoms with Gasteiger partial charge in [-0.05, 0) is 25.1 Å². The lowest BCUT2D eigenvalue weighted by Crippen LogP contribution is -2.13. The van der Waals surface area contributed by atoms with Crippen LogP contribution in [0, 0.1) is 0 Å². The Morgan fingerprint density at radius 2 is 2.05 bits per heavy atom. The van der Waals surface area contributed by atoms with Crippen LogP contribution in [0.4, 0.5) is 13.2 Å². The molecule has 7 heteroatoms. The summed E-state index contributed by atoms with van der Waals surface area (Å²) in [4.78, 5) is 0. The first kappa shape index (κ1) is 14.6. The molecule has 4 nitrogen and oxygen atoms in total. The molecular formula is C13H16F3N3O. The Morgan fingerprint density at radius 3 is 2.70 bits per heavy atom. The normalized spacial score (nSPS) is 12.0. The van der Waals surface area contributed by atoms with Gasteiger partial charge in [0.1, 0.15) is 11.5 Å². The quantitative estimate of drug-likeness (QED) is 0.830. The summed E-state index contributed by atoms with van der Waals surface area (Å²) in [6.45, 7) is 3.76. The lowest BCUT2D eigenvalue weighted by atomic mass is 10.3. The summed E-state index contributed by atoms with van der Waals surface area (Å²) in [5.41, 5.74) is -0.756. The molecule has 110 valence electrons. The van der Waals surface area contributed by atoms with Crippen LogP contribution < -0.4 is 5.32 Å². The molecule has 0 aromatic carbocycles. The summed E-state index contributed by atoms with van der Waals surface area (Å²) >= 11 is 0. The lowest BCUT2D eigenvalue weighted by molar-refractivity contribution is -0.137. The van der Waals surface area contributed by atoms with Crippen molar-refractivity contribution in [3.63, 3.8) is 0 Å². The Hall–Kier alpha value is -1.76. The van der Waals surface area contributed by atoms with Crippen LogP contribution in [0.5, 0.6) is 0 Å². The van der Waals surface area contributed by atoms with Gasteiger partial charge in [0.2, 0.25) is 0 Å². The minimum atomic E-state index is -4.36. The molecule has 0 aliphatic heterocycles. The maximum atomic E-state index is 12.4. The second kappa shape index (κ2) is 6.13. The van der Waals surface area contributed by atoms with Crippen LogP contribution in [0.15, 0.2) is 28.9 Å². The van der Waals surface area contributed by atoms with Crippen LogP contribution in [0.3, 0.4) is 0 Å². The first-order valence-corrected chi connectivity index (χ1v) is 6.37. The summed E-state index contributed by atoms with van der Waals surface area (Å²) in [6, 6.07) is 3.56. The Balaban J connectivity index is 1.95. The number of halogens is 3. The fraction of sp³-hybridized carbons (Fsp3) is 0.462. The smallest absolute Gasteiger partial charge is 0.419 e. The highest BCUT2D eigenvalue weighted by Gasteiger charge is 2.32. The maximum absolute atomic E-state index is 12.4. The number of hydrogen-bond acceptors (Lipinski definition) is 3. The van der Waals surface area contributed by atoms with Gasteiger partial charge in [-0.2, -0.15) is 18.3 Å². The molecule has 0 unspecified atom stereocenters. The zero-order valence-electron chi connectivity index (χ0n) is 11.1. The van der Waals surface area contributed by atoms with E-state index in [0.29, 0.717) is 12.3 Å². The second-order valence-electron chi connectivity index (χ2n) is 4.47.